The Hall–Kier alpha value is -3.44. The largest absolute Gasteiger partial charge is 0.486 e. The van der Waals surface area contributed by atoms with Gasteiger partial charge in [-0.05, 0) is 76.4 Å². The van der Waals surface area contributed by atoms with Crippen molar-refractivity contribution >= 4 is 33.1 Å². The Balaban J connectivity index is 1.44. The number of hydrogen-bond donors (Lipinski definition) is 3. The zero-order chi connectivity index (χ0) is 26.0. The summed E-state index contributed by atoms with van der Waals surface area (Å²) in [6.07, 6.45) is 3.48. The van der Waals surface area contributed by atoms with Crippen molar-refractivity contribution in [2.45, 2.75) is 49.7 Å². The molecule has 196 valence electrons. The molecule has 2 aliphatic rings. The number of para-hydroxylation sites is 1. The number of benzene rings is 2. The van der Waals surface area contributed by atoms with Gasteiger partial charge in [-0.15, -0.1) is 0 Å². The average Bonchev–Trinajstić information content (AvgIpc) is 2.90. The van der Waals surface area contributed by atoms with Gasteiger partial charge in [0.25, 0.3) is 0 Å². The standard InChI is InChI=1S/C26H32N6O4S/c1-16(2)37(33,34)21-7-5-4-6-19(21)30-25-28-15-29-26(32-25)31-20-14-17(3)22(18-8-10-27-11-9-18)24-23(20)35-12-13-36-24/h4-7,14-16,18,27H,8-13H2,1-3H3,(H2,28,29,30,31,32). The van der Waals surface area contributed by atoms with Crippen molar-refractivity contribution in [3.05, 3.63) is 47.8 Å². The van der Waals surface area contributed by atoms with Gasteiger partial charge in [0.15, 0.2) is 21.3 Å². The monoisotopic (exact) mass is 524 g/mol. The molecule has 1 fully saturated rings. The van der Waals surface area contributed by atoms with Crippen LogP contribution in [-0.2, 0) is 9.84 Å². The number of nitrogens with zero attached hydrogens (tertiary/aromatic N) is 3. The van der Waals surface area contributed by atoms with Crippen LogP contribution in [0.5, 0.6) is 11.5 Å². The maximum absolute atomic E-state index is 12.8. The zero-order valence-electron chi connectivity index (χ0n) is 21.2. The number of nitrogens with one attached hydrogen (secondary N) is 3. The fraction of sp³-hybridized carbons (Fsp3) is 0.423. The van der Waals surface area contributed by atoms with Gasteiger partial charge in [0, 0.05) is 5.56 Å². The third-order valence-corrected chi connectivity index (χ3v) is 8.89. The zero-order valence-corrected chi connectivity index (χ0v) is 22.1. The summed E-state index contributed by atoms with van der Waals surface area (Å²) in [6, 6.07) is 8.78. The maximum atomic E-state index is 12.8. The van der Waals surface area contributed by atoms with Crippen LogP contribution in [0.25, 0.3) is 0 Å². The van der Waals surface area contributed by atoms with Crippen LogP contribution in [0.1, 0.15) is 43.7 Å². The van der Waals surface area contributed by atoms with Crippen LogP contribution >= 0.6 is 0 Å². The van der Waals surface area contributed by atoms with Gasteiger partial charge < -0.3 is 25.4 Å². The maximum Gasteiger partial charge on any atom is 0.232 e. The van der Waals surface area contributed by atoms with E-state index < -0.39 is 15.1 Å². The highest BCUT2D eigenvalue weighted by atomic mass is 32.2. The summed E-state index contributed by atoms with van der Waals surface area (Å²) in [4.78, 5) is 13.1. The predicted molar refractivity (Wildman–Crippen MR) is 142 cm³/mol. The smallest absolute Gasteiger partial charge is 0.232 e. The first-order chi connectivity index (χ1) is 17.8. The van der Waals surface area contributed by atoms with E-state index in [9.17, 15) is 8.42 Å². The number of aromatic nitrogens is 3. The van der Waals surface area contributed by atoms with Crippen LogP contribution in [0.15, 0.2) is 41.6 Å². The number of rotatable bonds is 7. The molecule has 0 spiro atoms. The molecule has 1 saturated heterocycles. The van der Waals surface area contributed by atoms with E-state index in [1.165, 1.54) is 11.9 Å². The summed E-state index contributed by atoms with van der Waals surface area (Å²) in [7, 11) is -3.50. The molecule has 3 heterocycles. The van der Waals surface area contributed by atoms with Gasteiger partial charge in [-0.1, -0.05) is 12.1 Å². The number of sulfone groups is 1. The minimum absolute atomic E-state index is 0.198. The molecule has 0 saturated carbocycles. The van der Waals surface area contributed by atoms with Crippen molar-refractivity contribution in [1.29, 1.82) is 0 Å². The SMILES string of the molecule is Cc1cc(Nc2ncnc(Nc3ccccc3S(=O)(=O)C(C)C)n2)c2c(c1C1CCNCC1)OCCO2. The van der Waals surface area contributed by atoms with Gasteiger partial charge in [0.2, 0.25) is 11.9 Å². The van der Waals surface area contributed by atoms with E-state index in [1.54, 1.807) is 38.1 Å². The van der Waals surface area contributed by atoms with Gasteiger partial charge in [0.1, 0.15) is 19.5 Å². The molecule has 0 unspecified atom stereocenters. The number of aryl methyl sites for hydroxylation is 1. The Bertz CT molecular complexity index is 1390. The van der Waals surface area contributed by atoms with E-state index in [0.29, 0.717) is 42.2 Å². The molecule has 11 heteroatoms. The summed E-state index contributed by atoms with van der Waals surface area (Å²) in [5.41, 5.74) is 3.45. The summed E-state index contributed by atoms with van der Waals surface area (Å²) in [5, 5.41) is 9.16. The summed E-state index contributed by atoms with van der Waals surface area (Å²) in [5.74, 6) is 2.39. The lowest BCUT2D eigenvalue weighted by molar-refractivity contribution is 0.169. The Kier molecular flexibility index (Phi) is 7.16. The molecular weight excluding hydrogens is 492 g/mol. The number of hydrogen-bond acceptors (Lipinski definition) is 10. The van der Waals surface area contributed by atoms with E-state index in [-0.39, 0.29) is 10.8 Å². The molecule has 5 rings (SSSR count). The molecule has 0 atom stereocenters. The molecule has 3 aromatic rings. The first kappa shape index (κ1) is 25.2. The molecule has 37 heavy (non-hydrogen) atoms. The summed E-state index contributed by atoms with van der Waals surface area (Å²) >= 11 is 0. The van der Waals surface area contributed by atoms with Gasteiger partial charge >= 0.3 is 0 Å². The Morgan fingerprint density at radius 1 is 0.973 bits per heavy atom. The predicted octanol–water partition coefficient (Wildman–Crippen LogP) is 4.09. The molecule has 3 N–H and O–H groups in total. The molecule has 0 radical (unpaired) electrons. The van der Waals surface area contributed by atoms with Crippen molar-refractivity contribution in [2.75, 3.05) is 36.9 Å². The van der Waals surface area contributed by atoms with Crippen LogP contribution < -0.4 is 25.4 Å². The topological polar surface area (TPSA) is 127 Å². The van der Waals surface area contributed by atoms with Gasteiger partial charge in [-0.25, -0.2) is 18.4 Å². The lowest BCUT2D eigenvalue weighted by Gasteiger charge is -2.30. The lowest BCUT2D eigenvalue weighted by atomic mass is 9.86. The molecule has 10 nitrogen and oxygen atoms in total. The molecule has 1 aromatic heterocycles. The van der Waals surface area contributed by atoms with E-state index in [2.05, 4.69) is 37.8 Å². The van der Waals surface area contributed by atoms with Gasteiger partial charge in [-0.2, -0.15) is 4.98 Å². The van der Waals surface area contributed by atoms with Crippen LogP contribution in [0.3, 0.4) is 0 Å². The summed E-state index contributed by atoms with van der Waals surface area (Å²) in [6.45, 7) is 8.34. The molecule has 2 aromatic carbocycles. The number of anilines is 4. The Morgan fingerprint density at radius 2 is 1.62 bits per heavy atom. The quantitative estimate of drug-likeness (QED) is 0.416. The summed E-state index contributed by atoms with van der Waals surface area (Å²) < 4.78 is 37.8. The third-order valence-electron chi connectivity index (χ3n) is 6.68. The Labute approximate surface area is 217 Å². The molecule has 0 aliphatic carbocycles. The first-order valence-corrected chi connectivity index (χ1v) is 14.1. The molecular formula is C26H32N6O4S. The van der Waals surface area contributed by atoms with E-state index in [4.69, 9.17) is 9.47 Å². The second-order valence-electron chi connectivity index (χ2n) is 9.51. The minimum atomic E-state index is -3.50. The fourth-order valence-corrected chi connectivity index (χ4v) is 6.00. The average molecular weight is 525 g/mol. The van der Waals surface area contributed by atoms with E-state index in [0.717, 1.165) is 37.2 Å². The van der Waals surface area contributed by atoms with E-state index >= 15 is 0 Å². The van der Waals surface area contributed by atoms with Crippen molar-refractivity contribution in [1.82, 2.24) is 20.3 Å². The van der Waals surface area contributed by atoms with Crippen LogP contribution in [-0.4, -0.2) is 54.9 Å². The van der Waals surface area contributed by atoms with Gasteiger partial charge in [0.05, 0.1) is 21.5 Å². The van der Waals surface area contributed by atoms with Crippen molar-refractivity contribution in [2.24, 2.45) is 0 Å². The first-order valence-electron chi connectivity index (χ1n) is 12.5. The normalized spacial score (nSPS) is 16.0. The van der Waals surface area contributed by atoms with Crippen LogP contribution in [0, 0.1) is 6.92 Å². The lowest BCUT2D eigenvalue weighted by Crippen LogP contribution is -2.28. The second-order valence-corrected chi connectivity index (χ2v) is 12.0. The highest BCUT2D eigenvalue weighted by molar-refractivity contribution is 7.92. The number of fused-ring (bicyclic) bond motifs is 1. The minimum Gasteiger partial charge on any atom is -0.486 e. The van der Waals surface area contributed by atoms with Crippen molar-refractivity contribution in [3.63, 3.8) is 0 Å². The van der Waals surface area contributed by atoms with Crippen LogP contribution in [0.4, 0.5) is 23.3 Å². The third kappa shape index (κ3) is 5.19. The second kappa shape index (κ2) is 10.5. The highest BCUT2D eigenvalue weighted by Gasteiger charge is 2.29. The van der Waals surface area contributed by atoms with Gasteiger partial charge in [-0.3, -0.25) is 0 Å². The molecule has 0 amide bonds. The number of piperidine rings is 1. The molecule has 2 aliphatic heterocycles. The van der Waals surface area contributed by atoms with Crippen molar-refractivity contribution < 1.29 is 17.9 Å². The fourth-order valence-electron chi connectivity index (χ4n) is 4.80. The number of ether oxygens (including phenoxy) is 2. The van der Waals surface area contributed by atoms with Crippen molar-refractivity contribution in [3.8, 4) is 11.5 Å². The van der Waals surface area contributed by atoms with E-state index in [1.807, 2.05) is 6.07 Å². The Morgan fingerprint density at radius 3 is 2.32 bits per heavy atom. The van der Waals surface area contributed by atoms with Crippen LogP contribution in [0.2, 0.25) is 0 Å². The highest BCUT2D eigenvalue weighted by Crippen LogP contribution is 2.47. The molecule has 0 bridgehead atoms.